The summed E-state index contributed by atoms with van der Waals surface area (Å²) in [6.07, 6.45) is -2.57. The summed E-state index contributed by atoms with van der Waals surface area (Å²) >= 11 is 0. The Morgan fingerprint density at radius 3 is 2.74 bits per heavy atom. The number of hydrogen-bond acceptors (Lipinski definition) is 2. The Balaban J connectivity index is 1.75. The van der Waals surface area contributed by atoms with Gasteiger partial charge in [0.2, 0.25) is 5.91 Å². The van der Waals surface area contributed by atoms with Crippen LogP contribution in [0.3, 0.4) is 0 Å². The SMILES string of the molecule is Cc1cc(NC(=O)C2CC2)nn1Cc1cccc(C(F)(F)F)c1. The lowest BCUT2D eigenvalue weighted by atomic mass is 10.1. The van der Waals surface area contributed by atoms with Crippen LogP contribution in [0.5, 0.6) is 0 Å². The van der Waals surface area contributed by atoms with Crippen LogP contribution in [0.25, 0.3) is 0 Å². The first-order chi connectivity index (χ1) is 10.8. The van der Waals surface area contributed by atoms with E-state index in [1.165, 1.54) is 6.07 Å². The predicted octanol–water partition coefficient (Wildman–Crippen LogP) is 3.61. The van der Waals surface area contributed by atoms with Crippen molar-refractivity contribution in [3.63, 3.8) is 0 Å². The number of hydrogen-bond donors (Lipinski definition) is 1. The lowest BCUT2D eigenvalue weighted by Crippen LogP contribution is -2.14. The van der Waals surface area contributed by atoms with E-state index in [2.05, 4.69) is 10.4 Å². The fourth-order valence-corrected chi connectivity index (χ4v) is 2.32. The van der Waals surface area contributed by atoms with Crippen molar-refractivity contribution in [2.24, 2.45) is 5.92 Å². The third-order valence-electron chi connectivity index (χ3n) is 3.77. The molecule has 1 heterocycles. The summed E-state index contributed by atoms with van der Waals surface area (Å²) < 4.78 is 39.8. The minimum Gasteiger partial charge on any atom is -0.309 e. The number of aryl methyl sites for hydroxylation is 1. The van der Waals surface area contributed by atoms with Crippen LogP contribution in [-0.4, -0.2) is 15.7 Å². The highest BCUT2D eigenvalue weighted by atomic mass is 19.4. The summed E-state index contributed by atoms with van der Waals surface area (Å²) in [4.78, 5) is 11.7. The van der Waals surface area contributed by atoms with Crippen molar-refractivity contribution in [3.05, 3.63) is 47.2 Å². The average molecular weight is 323 g/mol. The molecule has 0 aliphatic heterocycles. The summed E-state index contributed by atoms with van der Waals surface area (Å²) in [7, 11) is 0. The number of aromatic nitrogens is 2. The average Bonchev–Trinajstić information content (AvgIpc) is 3.25. The maximum absolute atomic E-state index is 12.7. The Labute approximate surface area is 131 Å². The molecular weight excluding hydrogens is 307 g/mol. The van der Waals surface area contributed by atoms with E-state index in [9.17, 15) is 18.0 Å². The Hall–Kier alpha value is -2.31. The molecule has 7 heteroatoms. The normalized spacial score (nSPS) is 14.8. The van der Waals surface area contributed by atoms with Crippen LogP contribution in [0.4, 0.5) is 19.0 Å². The third kappa shape index (κ3) is 3.72. The number of amides is 1. The van der Waals surface area contributed by atoms with Gasteiger partial charge >= 0.3 is 6.18 Å². The highest BCUT2D eigenvalue weighted by Crippen LogP contribution is 2.31. The smallest absolute Gasteiger partial charge is 0.309 e. The van der Waals surface area contributed by atoms with Gasteiger partial charge < -0.3 is 5.32 Å². The standard InChI is InChI=1S/C16H16F3N3O/c1-10-7-14(20-15(23)12-5-6-12)21-22(10)9-11-3-2-4-13(8-11)16(17,18)19/h2-4,7-8,12H,5-6,9H2,1H3,(H,20,21,23). The van der Waals surface area contributed by atoms with E-state index in [-0.39, 0.29) is 18.4 Å². The Morgan fingerprint density at radius 1 is 1.35 bits per heavy atom. The van der Waals surface area contributed by atoms with Crippen LogP contribution in [0, 0.1) is 12.8 Å². The highest BCUT2D eigenvalue weighted by molar-refractivity contribution is 5.93. The van der Waals surface area contributed by atoms with E-state index in [1.54, 1.807) is 23.7 Å². The van der Waals surface area contributed by atoms with Gasteiger partial charge in [0.15, 0.2) is 5.82 Å². The zero-order chi connectivity index (χ0) is 16.6. The highest BCUT2D eigenvalue weighted by Gasteiger charge is 2.31. The summed E-state index contributed by atoms with van der Waals surface area (Å²) in [5, 5.41) is 6.99. The molecule has 23 heavy (non-hydrogen) atoms. The monoisotopic (exact) mass is 323 g/mol. The second kappa shape index (κ2) is 5.72. The Morgan fingerprint density at radius 2 is 2.09 bits per heavy atom. The molecule has 0 spiro atoms. The van der Waals surface area contributed by atoms with E-state index in [0.29, 0.717) is 11.4 Å². The third-order valence-corrected chi connectivity index (χ3v) is 3.77. The van der Waals surface area contributed by atoms with Crippen LogP contribution < -0.4 is 5.32 Å². The number of rotatable bonds is 4. The molecule has 0 atom stereocenters. The Kier molecular flexibility index (Phi) is 3.87. The first kappa shape index (κ1) is 15.6. The molecule has 0 bridgehead atoms. The van der Waals surface area contributed by atoms with Crippen molar-refractivity contribution in [2.75, 3.05) is 5.32 Å². The van der Waals surface area contributed by atoms with Crippen LogP contribution in [0.2, 0.25) is 0 Å². The minimum atomic E-state index is -4.36. The lowest BCUT2D eigenvalue weighted by Gasteiger charge is -2.09. The van der Waals surface area contributed by atoms with Gasteiger partial charge in [0.25, 0.3) is 0 Å². The van der Waals surface area contributed by atoms with Crippen LogP contribution in [0.1, 0.15) is 29.7 Å². The van der Waals surface area contributed by atoms with Gasteiger partial charge in [-0.05, 0) is 37.5 Å². The van der Waals surface area contributed by atoms with E-state index < -0.39 is 11.7 Å². The van der Waals surface area contributed by atoms with Gasteiger partial charge in [-0.15, -0.1) is 0 Å². The predicted molar refractivity (Wildman–Crippen MR) is 78.9 cm³/mol. The van der Waals surface area contributed by atoms with Crippen molar-refractivity contribution in [3.8, 4) is 0 Å². The molecule has 2 aromatic rings. The van der Waals surface area contributed by atoms with Crippen molar-refractivity contribution in [2.45, 2.75) is 32.5 Å². The molecule has 1 aromatic heterocycles. The molecule has 1 aliphatic carbocycles. The minimum absolute atomic E-state index is 0.0475. The summed E-state index contributed by atoms with van der Waals surface area (Å²) in [5.41, 5.74) is 0.599. The van der Waals surface area contributed by atoms with Gasteiger partial charge in [0.1, 0.15) is 0 Å². The van der Waals surface area contributed by atoms with Gasteiger partial charge in [-0.2, -0.15) is 18.3 Å². The number of nitrogens with one attached hydrogen (secondary N) is 1. The molecular formula is C16H16F3N3O. The summed E-state index contributed by atoms with van der Waals surface area (Å²) in [5.74, 6) is 0.462. The van der Waals surface area contributed by atoms with Gasteiger partial charge in [-0.3, -0.25) is 9.48 Å². The number of anilines is 1. The number of benzene rings is 1. The zero-order valence-corrected chi connectivity index (χ0v) is 12.5. The maximum Gasteiger partial charge on any atom is 0.416 e. The molecule has 1 fully saturated rings. The Bertz CT molecular complexity index is 732. The number of carbonyl (C=O) groups is 1. The molecule has 0 radical (unpaired) electrons. The van der Waals surface area contributed by atoms with Crippen LogP contribution in [0.15, 0.2) is 30.3 Å². The summed E-state index contributed by atoms with van der Waals surface area (Å²) in [6, 6.07) is 6.88. The quantitative estimate of drug-likeness (QED) is 0.934. The molecule has 4 nitrogen and oxygen atoms in total. The molecule has 1 aromatic carbocycles. The largest absolute Gasteiger partial charge is 0.416 e. The fourth-order valence-electron chi connectivity index (χ4n) is 2.32. The van der Waals surface area contributed by atoms with Gasteiger partial charge in [0.05, 0.1) is 12.1 Å². The second-order valence-electron chi connectivity index (χ2n) is 5.79. The molecule has 1 saturated carbocycles. The zero-order valence-electron chi connectivity index (χ0n) is 12.5. The molecule has 0 unspecified atom stereocenters. The van der Waals surface area contributed by atoms with E-state index >= 15 is 0 Å². The van der Waals surface area contributed by atoms with Crippen LogP contribution >= 0.6 is 0 Å². The van der Waals surface area contributed by atoms with Crippen molar-refractivity contribution in [1.29, 1.82) is 0 Å². The molecule has 1 N–H and O–H groups in total. The number of halogens is 3. The molecule has 3 rings (SSSR count). The topological polar surface area (TPSA) is 46.9 Å². The van der Waals surface area contributed by atoms with E-state index in [1.807, 2.05) is 0 Å². The number of alkyl halides is 3. The van der Waals surface area contributed by atoms with Crippen molar-refractivity contribution >= 4 is 11.7 Å². The first-order valence-electron chi connectivity index (χ1n) is 7.34. The molecule has 0 saturated heterocycles. The second-order valence-corrected chi connectivity index (χ2v) is 5.79. The van der Waals surface area contributed by atoms with Gasteiger partial charge in [-0.25, -0.2) is 0 Å². The fraction of sp³-hybridized carbons (Fsp3) is 0.375. The van der Waals surface area contributed by atoms with Crippen molar-refractivity contribution in [1.82, 2.24) is 9.78 Å². The van der Waals surface area contributed by atoms with Crippen LogP contribution in [-0.2, 0) is 17.5 Å². The number of nitrogens with zero attached hydrogens (tertiary/aromatic N) is 2. The van der Waals surface area contributed by atoms with E-state index in [0.717, 1.165) is 30.7 Å². The molecule has 1 amide bonds. The van der Waals surface area contributed by atoms with Gasteiger partial charge in [-0.1, -0.05) is 12.1 Å². The summed E-state index contributed by atoms with van der Waals surface area (Å²) in [6.45, 7) is 2.02. The molecule has 1 aliphatic rings. The molecule has 122 valence electrons. The van der Waals surface area contributed by atoms with Crippen molar-refractivity contribution < 1.29 is 18.0 Å². The maximum atomic E-state index is 12.7. The van der Waals surface area contributed by atoms with Gasteiger partial charge in [0, 0.05) is 17.7 Å². The first-order valence-corrected chi connectivity index (χ1v) is 7.34. The van der Waals surface area contributed by atoms with E-state index in [4.69, 9.17) is 0 Å². The lowest BCUT2D eigenvalue weighted by molar-refractivity contribution is -0.137. The number of carbonyl (C=O) groups excluding carboxylic acids is 1.